The van der Waals surface area contributed by atoms with Crippen LogP contribution >= 0.6 is 35.6 Å². The molecule has 1 aliphatic rings. The summed E-state index contributed by atoms with van der Waals surface area (Å²) in [4.78, 5) is 16.8. The number of guanidine groups is 1. The number of nitrogens with one attached hydrogen (secondary N) is 3. The highest BCUT2D eigenvalue weighted by atomic mass is 127. The van der Waals surface area contributed by atoms with Crippen molar-refractivity contribution in [2.24, 2.45) is 4.99 Å². The Morgan fingerprint density at radius 1 is 1.37 bits per heavy atom. The minimum Gasteiger partial charge on any atom is -0.373 e. The zero-order valence-corrected chi connectivity index (χ0v) is 19.3. The van der Waals surface area contributed by atoms with E-state index in [9.17, 15) is 4.79 Å². The smallest absolute Gasteiger partial charge is 0.226 e. The first kappa shape index (κ1) is 24.0. The number of anilines is 1. The van der Waals surface area contributed by atoms with Crippen LogP contribution in [0, 0.1) is 6.92 Å². The number of hydrogen-bond donors (Lipinski definition) is 3. The Balaban J connectivity index is 0.00000364. The monoisotopic (exact) mass is 508 g/mol. The van der Waals surface area contributed by atoms with Gasteiger partial charge in [0.15, 0.2) is 5.96 Å². The van der Waals surface area contributed by atoms with E-state index in [4.69, 9.17) is 16.3 Å². The zero-order valence-electron chi connectivity index (χ0n) is 16.2. The van der Waals surface area contributed by atoms with E-state index in [0.717, 1.165) is 37.2 Å². The minimum atomic E-state index is -0.177. The molecule has 0 bridgehead atoms. The maximum absolute atomic E-state index is 12.2. The Hall–Kier alpha value is -1.06. The Kier molecular flexibility index (Phi) is 10.4. The Morgan fingerprint density at radius 3 is 2.81 bits per heavy atom. The summed E-state index contributed by atoms with van der Waals surface area (Å²) in [7, 11) is 0. The average molecular weight is 509 g/mol. The highest BCUT2D eigenvalue weighted by molar-refractivity contribution is 14.0. The summed E-state index contributed by atoms with van der Waals surface area (Å²) in [5.74, 6) is 0.640. The first-order valence-electron chi connectivity index (χ1n) is 9.14. The zero-order chi connectivity index (χ0) is 19.0. The molecule has 0 spiro atoms. The molecular weight excluding hydrogens is 479 g/mol. The Morgan fingerprint density at radius 2 is 2.15 bits per heavy atom. The number of ether oxygens (including phenoxy) is 1. The molecule has 1 aromatic rings. The number of halogens is 2. The van der Waals surface area contributed by atoms with Crippen molar-refractivity contribution in [1.82, 2.24) is 10.6 Å². The standard InChI is InChI=1S/C19H29ClN4O2.HI/c1-4-21-18(23-13-19(3)10-6-12-26-19)22-11-9-17(25)24-16-8-5-7-15(20)14(16)2;/h5,7-8H,4,6,9-13H2,1-3H3,(H,24,25)(H2,21,22,23);1H. The topological polar surface area (TPSA) is 74.8 Å². The lowest BCUT2D eigenvalue weighted by Crippen LogP contribution is -2.40. The number of nitrogens with zero attached hydrogens (tertiary/aromatic N) is 1. The van der Waals surface area contributed by atoms with Gasteiger partial charge in [0.05, 0.1) is 12.1 Å². The largest absolute Gasteiger partial charge is 0.373 e. The summed E-state index contributed by atoms with van der Waals surface area (Å²) in [5.41, 5.74) is 1.44. The maximum Gasteiger partial charge on any atom is 0.226 e. The van der Waals surface area contributed by atoms with Gasteiger partial charge in [0, 0.05) is 36.8 Å². The van der Waals surface area contributed by atoms with E-state index in [1.165, 1.54) is 0 Å². The Labute approximate surface area is 183 Å². The van der Waals surface area contributed by atoms with E-state index in [2.05, 4.69) is 27.9 Å². The van der Waals surface area contributed by atoms with Crippen LogP contribution in [-0.2, 0) is 9.53 Å². The molecule has 1 atom stereocenters. The van der Waals surface area contributed by atoms with Crippen molar-refractivity contribution < 1.29 is 9.53 Å². The van der Waals surface area contributed by atoms with Gasteiger partial charge in [-0.05, 0) is 51.3 Å². The van der Waals surface area contributed by atoms with Gasteiger partial charge in [0.2, 0.25) is 5.91 Å². The normalized spacial score (nSPS) is 19.3. The van der Waals surface area contributed by atoms with Gasteiger partial charge in [-0.3, -0.25) is 9.79 Å². The van der Waals surface area contributed by atoms with Crippen LogP contribution in [0.2, 0.25) is 5.02 Å². The predicted octanol–water partition coefficient (Wildman–Crippen LogP) is 3.72. The number of benzene rings is 1. The molecule has 1 aromatic carbocycles. The number of carbonyl (C=O) groups is 1. The van der Waals surface area contributed by atoms with E-state index >= 15 is 0 Å². The molecule has 6 nitrogen and oxygen atoms in total. The Bertz CT molecular complexity index is 649. The van der Waals surface area contributed by atoms with Crippen LogP contribution in [0.4, 0.5) is 5.69 Å². The third kappa shape index (κ3) is 7.83. The molecule has 0 aromatic heterocycles. The molecule has 8 heteroatoms. The molecule has 3 N–H and O–H groups in total. The van der Waals surface area contributed by atoms with Crippen molar-refractivity contribution in [3.63, 3.8) is 0 Å². The first-order valence-corrected chi connectivity index (χ1v) is 9.52. The second kappa shape index (κ2) is 11.7. The van der Waals surface area contributed by atoms with E-state index in [-0.39, 0.29) is 35.5 Å². The summed E-state index contributed by atoms with van der Waals surface area (Å²) in [6.45, 7) is 8.66. The molecule has 1 unspecified atom stereocenters. The third-order valence-corrected chi connectivity index (χ3v) is 4.81. The number of hydrogen-bond acceptors (Lipinski definition) is 3. The van der Waals surface area contributed by atoms with Crippen LogP contribution in [0.3, 0.4) is 0 Å². The molecule has 1 amide bonds. The summed E-state index contributed by atoms with van der Waals surface area (Å²) >= 11 is 6.08. The fourth-order valence-corrected chi connectivity index (χ4v) is 2.97. The van der Waals surface area contributed by atoms with Gasteiger partial charge in [0.1, 0.15) is 0 Å². The lowest BCUT2D eigenvalue weighted by molar-refractivity contribution is -0.116. The maximum atomic E-state index is 12.2. The molecule has 27 heavy (non-hydrogen) atoms. The van der Waals surface area contributed by atoms with Gasteiger partial charge < -0.3 is 20.7 Å². The highest BCUT2D eigenvalue weighted by Gasteiger charge is 2.29. The van der Waals surface area contributed by atoms with Crippen molar-refractivity contribution in [2.75, 3.05) is 31.6 Å². The molecule has 0 aliphatic carbocycles. The second-order valence-corrected chi connectivity index (χ2v) is 7.14. The molecule has 152 valence electrons. The first-order chi connectivity index (χ1) is 12.4. The average Bonchev–Trinajstić information content (AvgIpc) is 3.04. The summed E-state index contributed by atoms with van der Waals surface area (Å²) in [5, 5.41) is 9.94. The van der Waals surface area contributed by atoms with Crippen molar-refractivity contribution in [3.8, 4) is 0 Å². The molecular formula is C19H30ClIN4O2. The van der Waals surface area contributed by atoms with Gasteiger partial charge in [0.25, 0.3) is 0 Å². The van der Waals surface area contributed by atoms with E-state index in [1.807, 2.05) is 32.0 Å². The second-order valence-electron chi connectivity index (χ2n) is 6.73. The highest BCUT2D eigenvalue weighted by Crippen LogP contribution is 2.25. The molecule has 1 saturated heterocycles. The van der Waals surface area contributed by atoms with E-state index in [1.54, 1.807) is 0 Å². The van der Waals surface area contributed by atoms with Crippen LogP contribution in [0.1, 0.15) is 38.7 Å². The van der Waals surface area contributed by atoms with Gasteiger partial charge in [-0.15, -0.1) is 24.0 Å². The number of amides is 1. The van der Waals surface area contributed by atoms with Crippen molar-refractivity contribution in [1.29, 1.82) is 0 Å². The van der Waals surface area contributed by atoms with Gasteiger partial charge >= 0.3 is 0 Å². The molecule has 1 fully saturated rings. The quantitative estimate of drug-likeness (QED) is 0.298. The SMILES string of the molecule is CCNC(=NCC1(C)CCCO1)NCCC(=O)Nc1cccc(Cl)c1C.I. The number of carbonyl (C=O) groups excluding carboxylic acids is 1. The van der Waals surface area contributed by atoms with Gasteiger partial charge in [-0.2, -0.15) is 0 Å². The minimum absolute atomic E-state index is 0. The summed E-state index contributed by atoms with van der Waals surface area (Å²) in [6, 6.07) is 5.48. The van der Waals surface area contributed by atoms with Crippen molar-refractivity contribution in [2.45, 2.75) is 45.6 Å². The van der Waals surface area contributed by atoms with E-state index in [0.29, 0.717) is 30.5 Å². The van der Waals surface area contributed by atoms with Crippen molar-refractivity contribution >= 4 is 53.1 Å². The molecule has 2 rings (SSSR count). The number of aliphatic imine (C=N–C) groups is 1. The fraction of sp³-hybridized carbons (Fsp3) is 0.579. The van der Waals surface area contributed by atoms with Crippen LogP contribution in [0.25, 0.3) is 0 Å². The van der Waals surface area contributed by atoms with Gasteiger partial charge in [-0.1, -0.05) is 17.7 Å². The van der Waals surface area contributed by atoms with Crippen LogP contribution in [0.5, 0.6) is 0 Å². The summed E-state index contributed by atoms with van der Waals surface area (Å²) in [6.07, 6.45) is 2.44. The van der Waals surface area contributed by atoms with Gasteiger partial charge in [-0.25, -0.2) is 0 Å². The van der Waals surface area contributed by atoms with Crippen molar-refractivity contribution in [3.05, 3.63) is 28.8 Å². The summed E-state index contributed by atoms with van der Waals surface area (Å²) < 4.78 is 5.76. The molecule has 0 radical (unpaired) electrons. The number of rotatable bonds is 7. The van der Waals surface area contributed by atoms with Crippen LogP contribution in [-0.4, -0.2) is 43.7 Å². The third-order valence-electron chi connectivity index (χ3n) is 4.40. The predicted molar refractivity (Wildman–Crippen MR) is 122 cm³/mol. The molecule has 1 aliphatic heterocycles. The van der Waals surface area contributed by atoms with E-state index < -0.39 is 0 Å². The molecule has 1 heterocycles. The fourth-order valence-electron chi connectivity index (χ4n) is 2.80. The lowest BCUT2D eigenvalue weighted by atomic mass is 10.0. The van der Waals surface area contributed by atoms with Crippen LogP contribution in [0.15, 0.2) is 23.2 Å². The molecule has 0 saturated carbocycles. The lowest BCUT2D eigenvalue weighted by Gasteiger charge is -2.21. The van der Waals surface area contributed by atoms with Crippen LogP contribution < -0.4 is 16.0 Å².